The minimum atomic E-state index is -0.691. The van der Waals surface area contributed by atoms with Crippen molar-refractivity contribution in [1.82, 2.24) is 14.1 Å². The highest BCUT2D eigenvalue weighted by Gasteiger charge is 2.25. The number of rotatable bonds is 10. The van der Waals surface area contributed by atoms with Crippen molar-refractivity contribution < 1.29 is 24.2 Å². The molecule has 0 saturated carbocycles. The van der Waals surface area contributed by atoms with Crippen LogP contribution >= 0.6 is 46.4 Å². The predicted molar refractivity (Wildman–Crippen MR) is 161 cm³/mol. The van der Waals surface area contributed by atoms with Gasteiger partial charge < -0.3 is 23.7 Å². The minimum Gasteiger partial charge on any atom is -0.505 e. The largest absolute Gasteiger partial charge is 0.505 e. The van der Waals surface area contributed by atoms with Gasteiger partial charge in [-0.3, -0.25) is 0 Å². The van der Waals surface area contributed by atoms with Crippen LogP contribution in [0.3, 0.4) is 0 Å². The van der Waals surface area contributed by atoms with Gasteiger partial charge in [0, 0.05) is 18.8 Å². The molecule has 3 rings (SSSR count). The average Bonchev–Trinajstić information content (AvgIpc) is 3.25. The van der Waals surface area contributed by atoms with E-state index < -0.39 is 11.9 Å². The number of aromatic hydroxyl groups is 1. The van der Waals surface area contributed by atoms with Gasteiger partial charge in [0.05, 0.1) is 40.4 Å². The van der Waals surface area contributed by atoms with E-state index in [2.05, 4.69) is 32.7 Å². The zero-order chi connectivity index (χ0) is 30.3. The highest BCUT2D eigenvalue weighted by molar-refractivity contribution is 6.46. The van der Waals surface area contributed by atoms with E-state index in [-0.39, 0.29) is 28.1 Å². The molecule has 0 saturated heterocycles. The zero-order valence-corrected chi connectivity index (χ0v) is 26.9. The molecule has 8 nitrogen and oxygen atoms in total. The number of nitrogens with zero attached hydrogens (tertiary/aromatic N) is 3. The number of pyridine rings is 1. The summed E-state index contributed by atoms with van der Waals surface area (Å²) in [6.45, 7) is 15.7. The second-order valence-corrected chi connectivity index (χ2v) is 11.5. The normalized spacial score (nSPS) is 11.2. The van der Waals surface area contributed by atoms with E-state index in [1.807, 2.05) is 11.5 Å². The highest BCUT2D eigenvalue weighted by atomic mass is 35.5. The SMILES string of the molecule is CCOC(=O)c1c(Cl)c(Cl)n(CCC(C)C)c1C.CCOC(=O)c1ncc2c(c1O)c(Cl)c(Cl)n2CCC(C)C. The van der Waals surface area contributed by atoms with Crippen molar-refractivity contribution in [3.05, 3.63) is 43.5 Å². The Balaban J connectivity index is 0.000000286. The molecule has 0 unspecified atom stereocenters. The number of aromatic nitrogens is 3. The molecule has 3 heterocycles. The van der Waals surface area contributed by atoms with E-state index in [1.54, 1.807) is 18.4 Å². The van der Waals surface area contributed by atoms with Crippen LogP contribution in [0.15, 0.2) is 6.20 Å². The fourth-order valence-electron chi connectivity index (χ4n) is 3.95. The molecule has 1 N–H and O–H groups in total. The number of carbonyl (C=O) groups excluding carboxylic acids is 2. The average molecular weight is 637 g/mol. The molecule has 0 aliphatic carbocycles. The Kier molecular flexibility index (Phi) is 12.9. The summed E-state index contributed by atoms with van der Waals surface area (Å²) >= 11 is 24.8. The van der Waals surface area contributed by atoms with Crippen LogP contribution in [0.5, 0.6) is 5.75 Å². The van der Waals surface area contributed by atoms with E-state index in [4.69, 9.17) is 55.9 Å². The first-order valence-corrected chi connectivity index (χ1v) is 14.7. The van der Waals surface area contributed by atoms with Crippen molar-refractivity contribution in [2.24, 2.45) is 11.8 Å². The Morgan fingerprint density at radius 2 is 1.38 bits per heavy atom. The van der Waals surface area contributed by atoms with E-state index in [0.717, 1.165) is 25.1 Å². The van der Waals surface area contributed by atoms with Crippen LogP contribution in [-0.2, 0) is 22.6 Å². The van der Waals surface area contributed by atoms with Gasteiger partial charge in [-0.1, -0.05) is 74.1 Å². The number of aryl methyl sites for hydroxylation is 1. The summed E-state index contributed by atoms with van der Waals surface area (Å²) in [7, 11) is 0. The summed E-state index contributed by atoms with van der Waals surface area (Å²) in [6, 6.07) is 0. The van der Waals surface area contributed by atoms with Gasteiger partial charge >= 0.3 is 11.9 Å². The van der Waals surface area contributed by atoms with Crippen LogP contribution in [0.4, 0.5) is 0 Å². The predicted octanol–water partition coefficient (Wildman–Crippen LogP) is 8.60. The maximum Gasteiger partial charge on any atom is 0.360 e. The van der Waals surface area contributed by atoms with E-state index >= 15 is 0 Å². The molecule has 3 aromatic rings. The zero-order valence-electron chi connectivity index (χ0n) is 23.9. The number of fused-ring (bicyclic) bond motifs is 1. The fourth-order valence-corrected chi connectivity index (χ4v) is 5.13. The van der Waals surface area contributed by atoms with Gasteiger partial charge in [0.1, 0.15) is 15.9 Å². The topological polar surface area (TPSA) is 95.6 Å². The van der Waals surface area contributed by atoms with Crippen molar-refractivity contribution >= 4 is 69.2 Å². The second kappa shape index (κ2) is 15.2. The number of hydrogen-bond donors (Lipinski definition) is 1. The fraction of sp³-hybridized carbons (Fsp3) is 0.536. The second-order valence-electron chi connectivity index (χ2n) is 9.99. The molecule has 12 heteroatoms. The molecule has 0 aliphatic rings. The van der Waals surface area contributed by atoms with Crippen molar-refractivity contribution in [3.63, 3.8) is 0 Å². The number of carbonyl (C=O) groups is 2. The summed E-state index contributed by atoms with van der Waals surface area (Å²) in [4.78, 5) is 27.6. The number of hydrogen-bond acceptors (Lipinski definition) is 6. The quantitative estimate of drug-likeness (QED) is 0.224. The summed E-state index contributed by atoms with van der Waals surface area (Å²) in [6.07, 6.45) is 3.37. The lowest BCUT2D eigenvalue weighted by Gasteiger charge is -2.10. The lowest BCUT2D eigenvalue weighted by Crippen LogP contribution is -2.08. The highest BCUT2D eigenvalue weighted by Crippen LogP contribution is 2.40. The van der Waals surface area contributed by atoms with Gasteiger partial charge in [-0.15, -0.1) is 0 Å². The summed E-state index contributed by atoms with van der Waals surface area (Å²) in [5.41, 5.74) is 1.59. The molecule has 0 aliphatic heterocycles. The molecule has 0 aromatic carbocycles. The van der Waals surface area contributed by atoms with E-state index in [1.165, 1.54) is 6.20 Å². The summed E-state index contributed by atoms with van der Waals surface area (Å²) < 4.78 is 13.5. The Morgan fingerprint density at radius 3 is 1.90 bits per heavy atom. The van der Waals surface area contributed by atoms with Crippen LogP contribution < -0.4 is 0 Å². The smallest absolute Gasteiger partial charge is 0.360 e. The van der Waals surface area contributed by atoms with Gasteiger partial charge in [0.2, 0.25) is 0 Å². The molecule has 0 spiro atoms. The lowest BCUT2D eigenvalue weighted by atomic mass is 10.1. The van der Waals surface area contributed by atoms with Crippen LogP contribution in [-0.4, -0.2) is 44.4 Å². The number of ether oxygens (including phenoxy) is 2. The monoisotopic (exact) mass is 635 g/mol. The van der Waals surface area contributed by atoms with E-state index in [0.29, 0.717) is 51.8 Å². The van der Waals surface area contributed by atoms with Crippen molar-refractivity contribution in [3.8, 4) is 5.75 Å². The molecule has 0 bridgehead atoms. The van der Waals surface area contributed by atoms with Crippen molar-refractivity contribution in [2.45, 2.75) is 74.4 Å². The Morgan fingerprint density at radius 1 is 0.875 bits per heavy atom. The molecular formula is C28H37Cl4N3O5. The maximum absolute atomic E-state index is 11.8. The van der Waals surface area contributed by atoms with Crippen LogP contribution in [0.1, 0.15) is 80.9 Å². The third-order valence-electron chi connectivity index (χ3n) is 6.17. The molecule has 0 radical (unpaired) electrons. The number of halogens is 4. The molecule has 3 aromatic heterocycles. The summed E-state index contributed by atoms with van der Waals surface area (Å²) in [5, 5.41) is 11.9. The molecular weight excluding hydrogens is 600 g/mol. The molecule has 0 atom stereocenters. The van der Waals surface area contributed by atoms with Crippen LogP contribution in [0.25, 0.3) is 10.9 Å². The first-order valence-electron chi connectivity index (χ1n) is 13.2. The standard InChI is InChI=1S/C15H18Cl2N2O3.C13H19Cl2NO2/c1-4-22-15(21)12-13(20)10-9(7-18-12)19(6-5-8(2)3)14(17)11(10)16;1-5-18-13(17)10-9(4)16(7-6-8(2)3)12(15)11(10)14/h7-8,20H,4-6H2,1-3H3;8H,5-7H2,1-4H3. The maximum atomic E-state index is 11.8. The van der Waals surface area contributed by atoms with Gasteiger partial charge in [0.15, 0.2) is 11.4 Å². The van der Waals surface area contributed by atoms with Crippen molar-refractivity contribution in [1.29, 1.82) is 0 Å². The first-order chi connectivity index (χ1) is 18.8. The van der Waals surface area contributed by atoms with Gasteiger partial charge in [-0.25, -0.2) is 14.6 Å². The molecule has 222 valence electrons. The summed E-state index contributed by atoms with van der Waals surface area (Å²) in [5.74, 6) is -0.347. The molecule has 0 amide bonds. The third-order valence-corrected chi connectivity index (χ3v) is 7.89. The lowest BCUT2D eigenvalue weighted by molar-refractivity contribution is 0.0510. The van der Waals surface area contributed by atoms with Gasteiger partial charge in [-0.05, 0) is 45.4 Å². The molecule has 0 fully saturated rings. The van der Waals surface area contributed by atoms with Gasteiger partial charge in [0.25, 0.3) is 0 Å². The van der Waals surface area contributed by atoms with Crippen molar-refractivity contribution in [2.75, 3.05) is 13.2 Å². The Hall–Kier alpha value is -2.13. The third kappa shape index (κ3) is 7.78. The van der Waals surface area contributed by atoms with Crippen LogP contribution in [0.2, 0.25) is 20.4 Å². The molecule has 40 heavy (non-hydrogen) atoms. The van der Waals surface area contributed by atoms with Crippen LogP contribution in [0, 0.1) is 18.8 Å². The Bertz CT molecular complexity index is 1350. The Labute approximate surface area is 255 Å². The minimum absolute atomic E-state index is 0.158. The van der Waals surface area contributed by atoms with E-state index in [9.17, 15) is 14.7 Å². The number of esters is 2. The first kappa shape index (κ1) is 34.1. The van der Waals surface area contributed by atoms with Gasteiger partial charge in [-0.2, -0.15) is 0 Å².